The van der Waals surface area contributed by atoms with Crippen LogP contribution in [-0.2, 0) is 4.79 Å². The van der Waals surface area contributed by atoms with Gasteiger partial charge in [-0.05, 0) is 18.6 Å². The number of halogens is 3. The number of carbonyl (C=O) groups is 1. The predicted octanol–water partition coefficient (Wildman–Crippen LogP) is 3.44. The number of hydrogen-bond acceptors (Lipinski definition) is 1. The number of rotatable bonds is 4. The molecular weight excluding hydrogens is 240 g/mol. The first kappa shape index (κ1) is 12.3. The van der Waals surface area contributed by atoms with Gasteiger partial charge in [-0.25, -0.2) is 4.39 Å². The Hall–Kier alpha value is -0.800. The summed E-state index contributed by atoms with van der Waals surface area (Å²) < 4.78 is 13.3. The van der Waals surface area contributed by atoms with Gasteiger partial charge < -0.3 is 5.32 Å². The van der Waals surface area contributed by atoms with Crippen LogP contribution in [0.25, 0.3) is 0 Å². The highest BCUT2D eigenvalue weighted by Crippen LogP contribution is 2.22. The predicted molar refractivity (Wildman–Crippen MR) is 60.0 cm³/mol. The molecule has 0 bridgehead atoms. The van der Waals surface area contributed by atoms with E-state index in [1.807, 2.05) is 0 Å². The molecule has 82 valence electrons. The van der Waals surface area contributed by atoms with Gasteiger partial charge in [0.2, 0.25) is 5.91 Å². The van der Waals surface area contributed by atoms with Gasteiger partial charge in [-0.3, -0.25) is 4.79 Å². The van der Waals surface area contributed by atoms with Gasteiger partial charge in [-0.1, -0.05) is 17.7 Å². The van der Waals surface area contributed by atoms with Crippen LogP contribution in [0, 0.1) is 5.82 Å². The minimum Gasteiger partial charge on any atom is -0.324 e. The molecule has 1 N–H and O–H groups in total. The van der Waals surface area contributed by atoms with E-state index in [2.05, 4.69) is 5.32 Å². The Kier molecular flexibility index (Phi) is 4.85. The van der Waals surface area contributed by atoms with Crippen molar-refractivity contribution in [2.45, 2.75) is 12.8 Å². The number of alkyl halides is 1. The van der Waals surface area contributed by atoms with Crippen LogP contribution in [0.2, 0.25) is 5.02 Å². The maximum Gasteiger partial charge on any atom is 0.224 e. The summed E-state index contributed by atoms with van der Waals surface area (Å²) in [5, 5.41) is 2.42. The first-order valence-electron chi connectivity index (χ1n) is 4.45. The fourth-order valence-corrected chi connectivity index (χ4v) is 1.35. The summed E-state index contributed by atoms with van der Waals surface area (Å²) in [7, 11) is 0. The van der Waals surface area contributed by atoms with E-state index in [1.54, 1.807) is 6.07 Å². The van der Waals surface area contributed by atoms with Crippen molar-refractivity contribution in [1.82, 2.24) is 0 Å². The van der Waals surface area contributed by atoms with Gasteiger partial charge in [0.15, 0.2) is 5.82 Å². The van der Waals surface area contributed by atoms with Crippen LogP contribution < -0.4 is 5.32 Å². The molecule has 0 aromatic heterocycles. The lowest BCUT2D eigenvalue weighted by Crippen LogP contribution is -2.12. The zero-order valence-electron chi connectivity index (χ0n) is 7.90. The standard InChI is InChI=1S/C10H10Cl2FNO/c11-6-2-5-9(15)14-8-4-1-3-7(12)10(8)13/h1,3-4H,2,5-6H2,(H,14,15). The third-order valence-electron chi connectivity index (χ3n) is 1.76. The van der Waals surface area contributed by atoms with E-state index in [0.29, 0.717) is 12.3 Å². The molecule has 0 aliphatic rings. The van der Waals surface area contributed by atoms with Gasteiger partial charge in [0.05, 0.1) is 10.7 Å². The first-order valence-corrected chi connectivity index (χ1v) is 5.36. The number of carbonyl (C=O) groups excluding carboxylic acids is 1. The van der Waals surface area contributed by atoms with Crippen LogP contribution in [0.1, 0.15) is 12.8 Å². The van der Waals surface area contributed by atoms with Gasteiger partial charge in [0, 0.05) is 12.3 Å². The van der Waals surface area contributed by atoms with Gasteiger partial charge in [0.25, 0.3) is 0 Å². The summed E-state index contributed by atoms with van der Waals surface area (Å²) in [5.41, 5.74) is 0.0991. The Morgan fingerprint density at radius 2 is 2.20 bits per heavy atom. The molecular formula is C10H10Cl2FNO. The van der Waals surface area contributed by atoms with Gasteiger partial charge >= 0.3 is 0 Å². The van der Waals surface area contributed by atoms with Crippen molar-refractivity contribution in [3.05, 3.63) is 29.0 Å². The van der Waals surface area contributed by atoms with E-state index in [-0.39, 0.29) is 23.0 Å². The van der Waals surface area contributed by atoms with Crippen molar-refractivity contribution in [1.29, 1.82) is 0 Å². The number of anilines is 1. The van der Waals surface area contributed by atoms with Gasteiger partial charge in [-0.2, -0.15) is 0 Å². The zero-order valence-corrected chi connectivity index (χ0v) is 9.41. The van der Waals surface area contributed by atoms with Crippen LogP contribution in [0.3, 0.4) is 0 Å². The molecule has 1 aromatic rings. The number of nitrogens with one attached hydrogen (secondary N) is 1. The quantitative estimate of drug-likeness (QED) is 0.815. The summed E-state index contributed by atoms with van der Waals surface area (Å²) >= 11 is 11.0. The molecule has 0 heterocycles. The molecule has 5 heteroatoms. The Morgan fingerprint density at radius 3 is 2.87 bits per heavy atom. The molecule has 15 heavy (non-hydrogen) atoms. The molecule has 1 amide bonds. The molecule has 0 saturated heterocycles. The van der Waals surface area contributed by atoms with Gasteiger partial charge in [0.1, 0.15) is 0 Å². The van der Waals surface area contributed by atoms with Crippen molar-refractivity contribution in [2.24, 2.45) is 0 Å². The molecule has 0 aliphatic heterocycles. The third-order valence-corrected chi connectivity index (χ3v) is 2.32. The summed E-state index contributed by atoms with van der Waals surface area (Å²) in [6.07, 6.45) is 0.838. The Labute approximate surface area is 97.4 Å². The van der Waals surface area contributed by atoms with E-state index in [0.717, 1.165) is 0 Å². The second kappa shape index (κ2) is 5.93. The van der Waals surface area contributed by atoms with E-state index >= 15 is 0 Å². The largest absolute Gasteiger partial charge is 0.324 e. The molecule has 0 aliphatic carbocycles. The molecule has 0 atom stereocenters. The second-order valence-electron chi connectivity index (χ2n) is 2.94. The smallest absolute Gasteiger partial charge is 0.224 e. The highest BCUT2D eigenvalue weighted by molar-refractivity contribution is 6.31. The molecule has 0 unspecified atom stereocenters. The lowest BCUT2D eigenvalue weighted by atomic mass is 10.2. The minimum absolute atomic E-state index is 0.00913. The average molecular weight is 250 g/mol. The highest BCUT2D eigenvalue weighted by Gasteiger charge is 2.08. The summed E-state index contributed by atoms with van der Waals surface area (Å²) in [5.74, 6) is -0.471. The SMILES string of the molecule is O=C(CCCCl)Nc1cccc(Cl)c1F. The molecule has 0 saturated carbocycles. The fraction of sp³-hybridized carbons (Fsp3) is 0.300. The Balaban J connectivity index is 2.64. The van der Waals surface area contributed by atoms with Crippen molar-refractivity contribution in [2.75, 3.05) is 11.2 Å². The summed E-state index contributed by atoms with van der Waals surface area (Å²) in [6, 6.07) is 4.45. The highest BCUT2D eigenvalue weighted by atomic mass is 35.5. The molecule has 1 rings (SSSR count). The summed E-state index contributed by atoms with van der Waals surface area (Å²) in [4.78, 5) is 11.3. The molecule has 0 fully saturated rings. The van der Waals surface area contributed by atoms with E-state index in [9.17, 15) is 9.18 Å². The topological polar surface area (TPSA) is 29.1 Å². The molecule has 2 nitrogen and oxygen atoms in total. The molecule has 0 spiro atoms. The van der Waals surface area contributed by atoms with Crippen molar-refractivity contribution >= 4 is 34.8 Å². The number of benzene rings is 1. The number of amides is 1. The van der Waals surface area contributed by atoms with E-state index < -0.39 is 5.82 Å². The maximum atomic E-state index is 13.3. The van der Waals surface area contributed by atoms with E-state index in [4.69, 9.17) is 23.2 Å². The monoisotopic (exact) mass is 249 g/mol. The zero-order chi connectivity index (χ0) is 11.3. The normalized spacial score (nSPS) is 10.1. The van der Waals surface area contributed by atoms with Crippen molar-refractivity contribution in [3.63, 3.8) is 0 Å². The van der Waals surface area contributed by atoms with Crippen LogP contribution in [0.4, 0.5) is 10.1 Å². The fourth-order valence-electron chi connectivity index (χ4n) is 1.04. The lowest BCUT2D eigenvalue weighted by molar-refractivity contribution is -0.116. The molecule has 0 radical (unpaired) electrons. The van der Waals surface area contributed by atoms with Gasteiger partial charge in [-0.15, -0.1) is 11.6 Å². The van der Waals surface area contributed by atoms with Crippen LogP contribution in [0.5, 0.6) is 0 Å². The Bertz CT molecular complexity index is 357. The van der Waals surface area contributed by atoms with Crippen molar-refractivity contribution in [3.8, 4) is 0 Å². The third kappa shape index (κ3) is 3.68. The first-order chi connectivity index (χ1) is 7.15. The molecule has 1 aromatic carbocycles. The van der Waals surface area contributed by atoms with Crippen molar-refractivity contribution < 1.29 is 9.18 Å². The second-order valence-corrected chi connectivity index (χ2v) is 3.73. The number of hydrogen-bond donors (Lipinski definition) is 1. The minimum atomic E-state index is -0.613. The maximum absolute atomic E-state index is 13.3. The van der Waals surface area contributed by atoms with Crippen LogP contribution in [0.15, 0.2) is 18.2 Å². The van der Waals surface area contributed by atoms with Crippen LogP contribution in [-0.4, -0.2) is 11.8 Å². The Morgan fingerprint density at radius 1 is 1.47 bits per heavy atom. The average Bonchev–Trinajstić information content (AvgIpc) is 2.22. The van der Waals surface area contributed by atoms with E-state index in [1.165, 1.54) is 12.1 Å². The summed E-state index contributed by atoms with van der Waals surface area (Å²) in [6.45, 7) is 0. The lowest BCUT2D eigenvalue weighted by Gasteiger charge is -2.06. The van der Waals surface area contributed by atoms with Crippen LogP contribution >= 0.6 is 23.2 Å².